The van der Waals surface area contributed by atoms with Crippen LogP contribution in [-0.4, -0.2) is 12.0 Å². The molecule has 0 aliphatic heterocycles. The fraction of sp³-hybridized carbons (Fsp3) is 0.500. The molecule has 2 atom stereocenters. The Labute approximate surface area is 102 Å². The van der Waals surface area contributed by atoms with E-state index < -0.39 is 0 Å². The van der Waals surface area contributed by atoms with Gasteiger partial charge in [0.1, 0.15) is 6.61 Å². The first-order valence-electron chi connectivity index (χ1n) is 6.19. The van der Waals surface area contributed by atoms with Gasteiger partial charge in [0.05, 0.1) is 0 Å². The Morgan fingerprint density at radius 1 is 1.29 bits per heavy atom. The molecule has 0 amide bonds. The number of carbonyl (C=O) groups excluding carboxylic acids is 1. The number of rotatable bonds is 4. The lowest BCUT2D eigenvalue weighted by Gasteiger charge is -2.09. The van der Waals surface area contributed by atoms with E-state index in [2.05, 4.69) is 0 Å². The number of esters is 1. The Kier molecular flexibility index (Phi) is 4.15. The number of hydrogen-bond donors (Lipinski definition) is 1. The predicted molar refractivity (Wildman–Crippen MR) is 66.2 cm³/mol. The molecule has 2 N–H and O–H groups in total. The quantitative estimate of drug-likeness (QED) is 0.811. The largest absolute Gasteiger partial charge is 0.461 e. The zero-order valence-corrected chi connectivity index (χ0v) is 9.97. The molecule has 1 fully saturated rings. The average molecular weight is 233 g/mol. The molecule has 0 spiro atoms. The lowest BCUT2D eigenvalue weighted by atomic mass is 10.0. The van der Waals surface area contributed by atoms with E-state index in [4.69, 9.17) is 10.5 Å². The molecule has 1 aliphatic rings. The van der Waals surface area contributed by atoms with E-state index in [0.29, 0.717) is 18.9 Å². The van der Waals surface area contributed by atoms with Crippen molar-refractivity contribution in [3.63, 3.8) is 0 Å². The van der Waals surface area contributed by atoms with Crippen molar-refractivity contribution >= 4 is 5.97 Å². The molecule has 0 heterocycles. The molecular weight excluding hydrogens is 214 g/mol. The van der Waals surface area contributed by atoms with E-state index in [0.717, 1.165) is 24.8 Å². The molecule has 2 unspecified atom stereocenters. The summed E-state index contributed by atoms with van der Waals surface area (Å²) in [4.78, 5) is 11.6. The topological polar surface area (TPSA) is 52.3 Å². The van der Waals surface area contributed by atoms with Crippen molar-refractivity contribution in [1.82, 2.24) is 0 Å². The van der Waals surface area contributed by atoms with Crippen LogP contribution in [0.1, 0.15) is 31.2 Å². The van der Waals surface area contributed by atoms with Crippen LogP contribution in [0.25, 0.3) is 0 Å². The summed E-state index contributed by atoms with van der Waals surface area (Å²) in [6, 6.07) is 10.0. The van der Waals surface area contributed by atoms with Gasteiger partial charge in [-0.05, 0) is 30.7 Å². The van der Waals surface area contributed by atoms with Crippen LogP contribution in [0.3, 0.4) is 0 Å². The van der Waals surface area contributed by atoms with Crippen LogP contribution in [0.2, 0.25) is 0 Å². The van der Waals surface area contributed by atoms with Gasteiger partial charge in [-0.3, -0.25) is 4.79 Å². The summed E-state index contributed by atoms with van der Waals surface area (Å²) in [6.45, 7) is 0.373. The van der Waals surface area contributed by atoms with E-state index in [9.17, 15) is 4.79 Å². The van der Waals surface area contributed by atoms with E-state index in [1.165, 1.54) is 0 Å². The van der Waals surface area contributed by atoms with Gasteiger partial charge in [0.2, 0.25) is 0 Å². The molecule has 1 aromatic carbocycles. The second kappa shape index (κ2) is 5.82. The van der Waals surface area contributed by atoms with E-state index >= 15 is 0 Å². The molecule has 0 saturated heterocycles. The molecule has 1 aromatic rings. The molecule has 1 aliphatic carbocycles. The van der Waals surface area contributed by atoms with Crippen LogP contribution in [0, 0.1) is 5.92 Å². The van der Waals surface area contributed by atoms with E-state index in [1.54, 1.807) is 0 Å². The zero-order valence-electron chi connectivity index (χ0n) is 9.97. The van der Waals surface area contributed by atoms with Gasteiger partial charge in [0.15, 0.2) is 0 Å². The number of ether oxygens (including phenoxy) is 1. The maximum absolute atomic E-state index is 11.6. The Bertz CT molecular complexity index is 364. The molecule has 2 rings (SSSR count). The van der Waals surface area contributed by atoms with Crippen LogP contribution >= 0.6 is 0 Å². The number of hydrogen-bond acceptors (Lipinski definition) is 3. The lowest BCUT2D eigenvalue weighted by molar-refractivity contribution is -0.146. The highest BCUT2D eigenvalue weighted by Gasteiger charge is 2.24. The van der Waals surface area contributed by atoms with Gasteiger partial charge in [-0.2, -0.15) is 0 Å². The second-order valence-electron chi connectivity index (χ2n) is 4.79. The van der Waals surface area contributed by atoms with Gasteiger partial charge in [0, 0.05) is 12.5 Å². The average Bonchev–Trinajstić information content (AvgIpc) is 2.73. The minimum absolute atomic E-state index is 0.104. The van der Waals surface area contributed by atoms with Crippen molar-refractivity contribution in [2.45, 2.75) is 38.3 Å². The summed E-state index contributed by atoms with van der Waals surface area (Å²) in [5.41, 5.74) is 6.85. The van der Waals surface area contributed by atoms with Crippen molar-refractivity contribution in [1.29, 1.82) is 0 Å². The SMILES string of the molecule is NC1CCC(CC(=O)OCc2ccccc2)C1. The van der Waals surface area contributed by atoms with Gasteiger partial charge in [0.25, 0.3) is 0 Å². The monoisotopic (exact) mass is 233 g/mol. The van der Waals surface area contributed by atoms with Gasteiger partial charge in [-0.15, -0.1) is 0 Å². The van der Waals surface area contributed by atoms with Crippen LogP contribution in [-0.2, 0) is 16.1 Å². The summed E-state index contributed by atoms with van der Waals surface area (Å²) in [6.07, 6.45) is 3.57. The maximum atomic E-state index is 11.6. The minimum atomic E-state index is -0.104. The van der Waals surface area contributed by atoms with Crippen molar-refractivity contribution in [3.05, 3.63) is 35.9 Å². The highest BCUT2D eigenvalue weighted by Crippen LogP contribution is 2.27. The normalized spacial score (nSPS) is 23.6. The van der Waals surface area contributed by atoms with E-state index in [-0.39, 0.29) is 12.0 Å². The smallest absolute Gasteiger partial charge is 0.306 e. The van der Waals surface area contributed by atoms with Crippen LogP contribution in [0.5, 0.6) is 0 Å². The first-order valence-corrected chi connectivity index (χ1v) is 6.19. The number of nitrogens with two attached hydrogens (primary N) is 1. The van der Waals surface area contributed by atoms with Crippen LogP contribution in [0.15, 0.2) is 30.3 Å². The van der Waals surface area contributed by atoms with Crippen LogP contribution in [0.4, 0.5) is 0 Å². The fourth-order valence-corrected chi connectivity index (χ4v) is 2.33. The lowest BCUT2D eigenvalue weighted by Crippen LogP contribution is -2.16. The van der Waals surface area contributed by atoms with Crippen molar-refractivity contribution < 1.29 is 9.53 Å². The standard InChI is InChI=1S/C14H19NO2/c15-13-7-6-12(8-13)9-14(16)17-10-11-4-2-1-3-5-11/h1-5,12-13H,6-10,15H2. The summed E-state index contributed by atoms with van der Waals surface area (Å²) >= 11 is 0. The molecule has 92 valence electrons. The van der Waals surface area contributed by atoms with Crippen molar-refractivity contribution in [3.8, 4) is 0 Å². The predicted octanol–water partition coefficient (Wildman–Crippen LogP) is 2.25. The Morgan fingerprint density at radius 3 is 2.71 bits per heavy atom. The molecular formula is C14H19NO2. The molecule has 0 radical (unpaired) electrons. The first kappa shape index (κ1) is 12.1. The third-order valence-electron chi connectivity index (χ3n) is 3.28. The summed E-state index contributed by atoms with van der Waals surface area (Å²) < 4.78 is 5.25. The first-order chi connectivity index (χ1) is 8.24. The third kappa shape index (κ3) is 3.86. The molecule has 1 saturated carbocycles. The minimum Gasteiger partial charge on any atom is -0.461 e. The maximum Gasteiger partial charge on any atom is 0.306 e. The van der Waals surface area contributed by atoms with Gasteiger partial charge >= 0.3 is 5.97 Å². The van der Waals surface area contributed by atoms with Gasteiger partial charge < -0.3 is 10.5 Å². The molecule has 3 nitrogen and oxygen atoms in total. The summed E-state index contributed by atoms with van der Waals surface area (Å²) in [5, 5.41) is 0. The van der Waals surface area contributed by atoms with Crippen molar-refractivity contribution in [2.24, 2.45) is 11.7 Å². The fourth-order valence-electron chi connectivity index (χ4n) is 2.33. The van der Waals surface area contributed by atoms with Gasteiger partial charge in [-0.25, -0.2) is 0 Å². The Hall–Kier alpha value is -1.35. The zero-order chi connectivity index (χ0) is 12.1. The molecule has 17 heavy (non-hydrogen) atoms. The second-order valence-corrected chi connectivity index (χ2v) is 4.79. The van der Waals surface area contributed by atoms with Crippen molar-refractivity contribution in [2.75, 3.05) is 0 Å². The highest BCUT2D eigenvalue weighted by molar-refractivity contribution is 5.69. The third-order valence-corrected chi connectivity index (χ3v) is 3.28. The molecule has 0 aromatic heterocycles. The van der Waals surface area contributed by atoms with E-state index in [1.807, 2.05) is 30.3 Å². The number of benzene rings is 1. The summed E-state index contributed by atoms with van der Waals surface area (Å²) in [7, 11) is 0. The molecule has 3 heteroatoms. The van der Waals surface area contributed by atoms with Gasteiger partial charge in [-0.1, -0.05) is 30.3 Å². The highest BCUT2D eigenvalue weighted by atomic mass is 16.5. The Morgan fingerprint density at radius 2 is 2.06 bits per heavy atom. The van der Waals surface area contributed by atoms with Crippen LogP contribution < -0.4 is 5.73 Å². The molecule has 0 bridgehead atoms. The summed E-state index contributed by atoms with van der Waals surface area (Å²) in [5.74, 6) is 0.321. The number of carbonyl (C=O) groups is 1. The Balaban J connectivity index is 1.71.